The SMILES string of the molecule is O=C1C=CC(=O)N1SN1C(=O)C=CC1=O.O=C1C=CC(=O)N1c1cccc(N2C(=O)C=CC2=O)c1. The smallest absolute Gasteiger partial charge is 0.265 e. The third-order valence-electron chi connectivity index (χ3n) is 4.67. The fourth-order valence-electron chi connectivity index (χ4n) is 3.10. The highest BCUT2D eigenvalue weighted by Gasteiger charge is 2.33. The Morgan fingerprint density at radius 2 is 0.714 bits per heavy atom. The molecule has 4 aliphatic rings. The molecular formula is C22H12N4O8S. The van der Waals surface area contributed by atoms with E-state index in [1.54, 1.807) is 18.2 Å². The number of imide groups is 4. The van der Waals surface area contributed by atoms with Crippen LogP contribution in [0.3, 0.4) is 0 Å². The lowest BCUT2D eigenvalue weighted by Gasteiger charge is -2.18. The summed E-state index contributed by atoms with van der Waals surface area (Å²) in [4.78, 5) is 92.8. The highest BCUT2D eigenvalue weighted by atomic mass is 32.2. The molecule has 5 rings (SSSR count). The molecule has 0 fully saturated rings. The van der Waals surface area contributed by atoms with Gasteiger partial charge in [0.05, 0.1) is 23.5 Å². The minimum absolute atomic E-state index is 0.315. The Kier molecular flexibility index (Phi) is 6.08. The van der Waals surface area contributed by atoms with Gasteiger partial charge in [0.1, 0.15) is 0 Å². The molecule has 0 spiro atoms. The number of rotatable bonds is 4. The van der Waals surface area contributed by atoms with Crippen molar-refractivity contribution in [3.63, 3.8) is 0 Å². The summed E-state index contributed by atoms with van der Waals surface area (Å²) < 4.78 is 1.48. The molecule has 12 nitrogen and oxygen atoms in total. The summed E-state index contributed by atoms with van der Waals surface area (Å²) in [7, 11) is 0. The molecule has 13 heteroatoms. The van der Waals surface area contributed by atoms with Crippen molar-refractivity contribution in [3.05, 3.63) is 72.9 Å². The van der Waals surface area contributed by atoms with Crippen LogP contribution in [0.4, 0.5) is 11.4 Å². The predicted octanol–water partition coefficient (Wildman–Crippen LogP) is -0.0550. The van der Waals surface area contributed by atoms with E-state index in [0.29, 0.717) is 23.5 Å². The van der Waals surface area contributed by atoms with Crippen LogP contribution in [0.5, 0.6) is 0 Å². The average Bonchev–Trinajstić information content (AvgIpc) is 3.54. The molecule has 35 heavy (non-hydrogen) atoms. The summed E-state index contributed by atoms with van der Waals surface area (Å²) in [6, 6.07) is 6.14. The second kappa shape index (κ2) is 9.15. The van der Waals surface area contributed by atoms with E-state index in [4.69, 9.17) is 0 Å². The molecule has 0 aliphatic carbocycles. The largest absolute Gasteiger partial charge is 0.269 e. The van der Waals surface area contributed by atoms with E-state index in [1.165, 1.54) is 30.4 Å². The maximum Gasteiger partial charge on any atom is 0.265 e. The van der Waals surface area contributed by atoms with Crippen molar-refractivity contribution in [2.75, 3.05) is 9.80 Å². The molecule has 0 unspecified atom stereocenters. The van der Waals surface area contributed by atoms with Gasteiger partial charge in [0, 0.05) is 48.6 Å². The molecule has 4 heterocycles. The third kappa shape index (κ3) is 4.47. The second-order valence-corrected chi connectivity index (χ2v) is 7.79. The molecule has 0 saturated carbocycles. The average molecular weight is 492 g/mol. The number of hydrogen-bond acceptors (Lipinski definition) is 9. The highest BCUT2D eigenvalue weighted by molar-refractivity contribution is 7.96. The standard InChI is InChI=1S/C14H8N2O4.C8H4N2O4S/c17-11-4-5-12(18)15(11)9-2-1-3-10(8-9)16-13(19)6-7-14(16)20;11-5-1-2-6(12)9(5)15-10-7(13)3-4-8(10)14/h1-8H;1-4H. The fraction of sp³-hybridized carbons (Fsp3) is 0. The maximum absolute atomic E-state index is 11.6. The number of nitrogens with zero attached hydrogens (tertiary/aromatic N) is 4. The van der Waals surface area contributed by atoms with Crippen LogP contribution in [-0.4, -0.2) is 55.9 Å². The fourth-order valence-corrected chi connectivity index (χ4v) is 3.83. The predicted molar refractivity (Wildman–Crippen MR) is 119 cm³/mol. The van der Waals surface area contributed by atoms with Gasteiger partial charge in [-0.2, -0.15) is 8.61 Å². The van der Waals surface area contributed by atoms with Gasteiger partial charge >= 0.3 is 0 Å². The topological polar surface area (TPSA) is 150 Å². The van der Waals surface area contributed by atoms with E-state index in [-0.39, 0.29) is 0 Å². The van der Waals surface area contributed by atoms with Crippen LogP contribution in [0.15, 0.2) is 72.9 Å². The van der Waals surface area contributed by atoms with E-state index in [1.807, 2.05) is 0 Å². The zero-order chi connectivity index (χ0) is 25.3. The van der Waals surface area contributed by atoms with Gasteiger partial charge < -0.3 is 0 Å². The molecule has 0 aromatic heterocycles. The summed E-state index contributed by atoms with van der Waals surface area (Å²) in [5.41, 5.74) is 0.630. The first-order valence-corrected chi connectivity index (χ1v) is 10.4. The summed E-state index contributed by atoms with van der Waals surface area (Å²) in [5, 5.41) is 0. The van der Waals surface area contributed by atoms with Gasteiger partial charge in [0.15, 0.2) is 0 Å². The number of carbonyl (C=O) groups excluding carboxylic acids is 8. The third-order valence-corrected chi connectivity index (χ3v) is 5.71. The molecule has 0 N–H and O–H groups in total. The van der Waals surface area contributed by atoms with E-state index in [0.717, 1.165) is 42.7 Å². The Morgan fingerprint density at radius 1 is 0.429 bits per heavy atom. The van der Waals surface area contributed by atoms with Gasteiger partial charge in [-0.3, -0.25) is 38.4 Å². The van der Waals surface area contributed by atoms with Crippen LogP contribution < -0.4 is 9.80 Å². The summed E-state index contributed by atoms with van der Waals surface area (Å²) in [5.74, 6) is -4.05. The Labute approximate surface area is 200 Å². The summed E-state index contributed by atoms with van der Waals surface area (Å²) in [6.07, 6.45) is 8.99. The van der Waals surface area contributed by atoms with Gasteiger partial charge in [-0.15, -0.1) is 0 Å². The zero-order valence-corrected chi connectivity index (χ0v) is 18.2. The lowest BCUT2D eigenvalue weighted by molar-refractivity contribution is -0.132. The van der Waals surface area contributed by atoms with E-state index in [2.05, 4.69) is 0 Å². The molecule has 0 radical (unpaired) electrons. The zero-order valence-electron chi connectivity index (χ0n) is 17.4. The minimum Gasteiger partial charge on any atom is -0.269 e. The molecule has 0 saturated heterocycles. The van der Waals surface area contributed by atoms with Crippen LogP contribution in [0.1, 0.15) is 0 Å². The van der Waals surface area contributed by atoms with Gasteiger partial charge in [0.25, 0.3) is 47.3 Å². The second-order valence-electron chi connectivity index (χ2n) is 6.90. The molecule has 1 aromatic carbocycles. The molecular weight excluding hydrogens is 480 g/mol. The van der Waals surface area contributed by atoms with Gasteiger partial charge in [-0.1, -0.05) is 6.07 Å². The van der Waals surface area contributed by atoms with Crippen molar-refractivity contribution in [1.29, 1.82) is 0 Å². The number of anilines is 2. The number of amides is 8. The quantitative estimate of drug-likeness (QED) is 0.416. The van der Waals surface area contributed by atoms with Gasteiger partial charge in [0.2, 0.25) is 0 Å². The van der Waals surface area contributed by atoms with Crippen LogP contribution >= 0.6 is 12.1 Å². The van der Waals surface area contributed by atoms with E-state index < -0.39 is 47.3 Å². The lowest BCUT2D eigenvalue weighted by Crippen LogP contribution is -2.32. The van der Waals surface area contributed by atoms with Crippen molar-refractivity contribution in [2.24, 2.45) is 0 Å². The van der Waals surface area contributed by atoms with Crippen molar-refractivity contribution < 1.29 is 38.4 Å². The van der Waals surface area contributed by atoms with Crippen molar-refractivity contribution in [2.45, 2.75) is 0 Å². The first kappa shape index (κ1) is 23.3. The maximum atomic E-state index is 11.6. The number of carbonyl (C=O) groups is 8. The van der Waals surface area contributed by atoms with E-state index >= 15 is 0 Å². The monoisotopic (exact) mass is 492 g/mol. The molecule has 0 atom stereocenters. The molecule has 0 bridgehead atoms. The van der Waals surface area contributed by atoms with Crippen LogP contribution in [-0.2, 0) is 38.4 Å². The first-order valence-electron chi connectivity index (χ1n) is 9.70. The molecule has 4 aliphatic heterocycles. The normalized spacial score (nSPS) is 18.7. The van der Waals surface area contributed by atoms with Gasteiger partial charge in [-0.05, 0) is 18.2 Å². The highest BCUT2D eigenvalue weighted by Crippen LogP contribution is 2.27. The van der Waals surface area contributed by atoms with Crippen LogP contribution in [0.25, 0.3) is 0 Å². The van der Waals surface area contributed by atoms with Crippen molar-refractivity contribution >= 4 is 70.8 Å². The van der Waals surface area contributed by atoms with E-state index in [9.17, 15) is 38.4 Å². The molecule has 174 valence electrons. The Bertz CT molecular complexity index is 1190. The number of benzene rings is 1. The Morgan fingerprint density at radius 3 is 1.03 bits per heavy atom. The van der Waals surface area contributed by atoms with Crippen LogP contribution in [0, 0.1) is 0 Å². The number of hydrogen-bond donors (Lipinski definition) is 0. The Balaban J connectivity index is 0.000000172. The summed E-state index contributed by atoms with van der Waals surface area (Å²) in [6.45, 7) is 0. The summed E-state index contributed by atoms with van der Waals surface area (Å²) >= 11 is 0.491. The molecule has 8 amide bonds. The lowest BCUT2D eigenvalue weighted by atomic mass is 10.2. The minimum atomic E-state index is -0.558. The van der Waals surface area contributed by atoms with Crippen molar-refractivity contribution in [1.82, 2.24) is 8.61 Å². The van der Waals surface area contributed by atoms with Crippen molar-refractivity contribution in [3.8, 4) is 0 Å². The van der Waals surface area contributed by atoms with Gasteiger partial charge in [-0.25, -0.2) is 9.80 Å². The Hall–Kier alpha value is -4.91. The van der Waals surface area contributed by atoms with Crippen LogP contribution in [0.2, 0.25) is 0 Å². The first-order chi connectivity index (χ1) is 16.7. The molecule has 1 aromatic rings.